The van der Waals surface area contributed by atoms with E-state index in [0.29, 0.717) is 12.2 Å². The van der Waals surface area contributed by atoms with Crippen LogP contribution in [0.3, 0.4) is 0 Å². The molecule has 1 N–H and O–H groups in total. The zero-order chi connectivity index (χ0) is 14.6. The third-order valence-electron chi connectivity index (χ3n) is 3.38. The van der Waals surface area contributed by atoms with Crippen LogP contribution in [0.5, 0.6) is 0 Å². The molecule has 1 aromatic carbocycles. The van der Waals surface area contributed by atoms with Crippen molar-refractivity contribution in [3.63, 3.8) is 0 Å². The van der Waals surface area contributed by atoms with Gasteiger partial charge in [-0.2, -0.15) is 0 Å². The maximum Gasteiger partial charge on any atom is 0.238 e. The first-order valence-corrected chi connectivity index (χ1v) is 8.66. The van der Waals surface area contributed by atoms with Gasteiger partial charge >= 0.3 is 0 Å². The number of benzene rings is 1. The normalized spacial score (nSPS) is 16.9. The van der Waals surface area contributed by atoms with Crippen molar-refractivity contribution in [2.24, 2.45) is 0 Å². The molecular weight excluding hydrogens is 276 g/mol. The average molecular weight is 296 g/mol. The van der Waals surface area contributed by atoms with E-state index in [-0.39, 0.29) is 10.8 Å². The fourth-order valence-corrected chi connectivity index (χ4v) is 2.94. The molecule has 0 aromatic heterocycles. The first kappa shape index (κ1) is 15.0. The van der Waals surface area contributed by atoms with Gasteiger partial charge < -0.3 is 5.32 Å². The highest BCUT2D eigenvalue weighted by Gasteiger charge is 2.14. The summed E-state index contributed by atoms with van der Waals surface area (Å²) in [4.78, 5) is 14.3. The summed E-state index contributed by atoms with van der Waals surface area (Å²) in [5.41, 5.74) is 0.624. The van der Waals surface area contributed by atoms with Crippen molar-refractivity contribution < 1.29 is 13.2 Å². The highest BCUT2D eigenvalue weighted by atomic mass is 32.2. The maximum atomic E-state index is 11.9. The van der Waals surface area contributed by atoms with Crippen LogP contribution in [0, 0.1) is 0 Å². The number of hydrogen-bond donors (Lipinski definition) is 1. The summed E-state index contributed by atoms with van der Waals surface area (Å²) in [7, 11) is -3.19. The van der Waals surface area contributed by atoms with Gasteiger partial charge in [-0.1, -0.05) is 6.42 Å². The number of piperidine rings is 1. The monoisotopic (exact) mass is 296 g/mol. The van der Waals surface area contributed by atoms with Gasteiger partial charge in [-0.15, -0.1) is 0 Å². The molecule has 110 valence electrons. The minimum absolute atomic E-state index is 0.0565. The van der Waals surface area contributed by atoms with Crippen LogP contribution in [0.25, 0.3) is 0 Å². The van der Waals surface area contributed by atoms with Crippen molar-refractivity contribution in [2.75, 3.05) is 31.2 Å². The fourth-order valence-electron chi connectivity index (χ4n) is 2.31. The van der Waals surface area contributed by atoms with Gasteiger partial charge in [-0.25, -0.2) is 8.42 Å². The van der Waals surface area contributed by atoms with Crippen LogP contribution in [-0.4, -0.2) is 45.1 Å². The quantitative estimate of drug-likeness (QED) is 0.914. The van der Waals surface area contributed by atoms with Gasteiger partial charge in [0.15, 0.2) is 9.84 Å². The van der Waals surface area contributed by atoms with Crippen LogP contribution in [0.15, 0.2) is 29.2 Å². The molecule has 5 nitrogen and oxygen atoms in total. The number of nitrogens with one attached hydrogen (secondary N) is 1. The topological polar surface area (TPSA) is 66.5 Å². The average Bonchev–Trinajstić information content (AvgIpc) is 2.39. The van der Waals surface area contributed by atoms with Crippen LogP contribution >= 0.6 is 0 Å². The highest BCUT2D eigenvalue weighted by molar-refractivity contribution is 7.90. The van der Waals surface area contributed by atoms with Gasteiger partial charge in [0, 0.05) is 11.9 Å². The first-order valence-electron chi connectivity index (χ1n) is 6.77. The number of anilines is 1. The SMILES string of the molecule is CS(=O)(=O)c1ccc(NC(=O)CN2CCCCC2)cc1. The zero-order valence-electron chi connectivity index (χ0n) is 11.6. The highest BCUT2D eigenvalue weighted by Crippen LogP contribution is 2.14. The molecule has 1 amide bonds. The smallest absolute Gasteiger partial charge is 0.238 e. The molecule has 0 unspecified atom stereocenters. The Morgan fingerprint density at radius 2 is 1.75 bits per heavy atom. The molecule has 1 aliphatic heterocycles. The van der Waals surface area contributed by atoms with E-state index in [4.69, 9.17) is 0 Å². The fraction of sp³-hybridized carbons (Fsp3) is 0.500. The lowest BCUT2D eigenvalue weighted by molar-refractivity contribution is -0.117. The summed E-state index contributed by atoms with van der Waals surface area (Å²) in [5.74, 6) is -0.0565. The van der Waals surface area contributed by atoms with Crippen molar-refractivity contribution in [1.82, 2.24) is 4.90 Å². The van der Waals surface area contributed by atoms with Crippen LogP contribution in [0.1, 0.15) is 19.3 Å². The van der Waals surface area contributed by atoms with Crippen LogP contribution in [0.2, 0.25) is 0 Å². The lowest BCUT2D eigenvalue weighted by Crippen LogP contribution is -2.36. The van der Waals surface area contributed by atoms with Crippen molar-refractivity contribution in [1.29, 1.82) is 0 Å². The number of likely N-dealkylation sites (tertiary alicyclic amines) is 1. The van der Waals surface area contributed by atoms with E-state index in [1.54, 1.807) is 12.1 Å². The van der Waals surface area contributed by atoms with E-state index in [0.717, 1.165) is 32.2 Å². The van der Waals surface area contributed by atoms with Crippen molar-refractivity contribution in [2.45, 2.75) is 24.2 Å². The molecule has 6 heteroatoms. The lowest BCUT2D eigenvalue weighted by Gasteiger charge is -2.25. The minimum Gasteiger partial charge on any atom is -0.325 e. The Bertz CT molecular complexity index is 561. The summed E-state index contributed by atoms with van der Waals surface area (Å²) in [5, 5.41) is 2.79. The third kappa shape index (κ3) is 4.31. The molecule has 1 saturated heterocycles. The largest absolute Gasteiger partial charge is 0.325 e. The second kappa shape index (κ2) is 6.37. The maximum absolute atomic E-state index is 11.9. The number of nitrogens with zero attached hydrogens (tertiary/aromatic N) is 1. The second-order valence-electron chi connectivity index (χ2n) is 5.18. The van der Waals surface area contributed by atoms with Crippen LogP contribution in [-0.2, 0) is 14.6 Å². The van der Waals surface area contributed by atoms with Crippen molar-refractivity contribution in [3.8, 4) is 0 Å². The molecule has 20 heavy (non-hydrogen) atoms. The van der Waals surface area contributed by atoms with E-state index in [1.165, 1.54) is 18.6 Å². The van der Waals surface area contributed by atoms with E-state index >= 15 is 0 Å². The van der Waals surface area contributed by atoms with Crippen molar-refractivity contribution >= 4 is 21.4 Å². The number of rotatable bonds is 4. The van der Waals surface area contributed by atoms with E-state index in [9.17, 15) is 13.2 Å². The summed E-state index contributed by atoms with van der Waals surface area (Å²) < 4.78 is 22.7. The standard InChI is InChI=1S/C14H20N2O3S/c1-20(18,19)13-7-5-12(6-8-13)15-14(17)11-16-9-3-2-4-10-16/h5-8H,2-4,9-11H2,1H3,(H,15,17). The predicted molar refractivity (Wildman–Crippen MR) is 78.5 cm³/mol. The Labute approximate surface area is 119 Å². The Kier molecular flexibility index (Phi) is 4.77. The molecule has 0 saturated carbocycles. The number of carbonyl (C=O) groups excluding carboxylic acids is 1. The Morgan fingerprint density at radius 3 is 2.30 bits per heavy atom. The lowest BCUT2D eigenvalue weighted by atomic mass is 10.1. The first-order chi connectivity index (χ1) is 9.45. The molecule has 1 aromatic rings. The van der Waals surface area contributed by atoms with Crippen molar-refractivity contribution in [3.05, 3.63) is 24.3 Å². The summed E-state index contributed by atoms with van der Waals surface area (Å²) >= 11 is 0. The number of sulfone groups is 1. The Balaban J connectivity index is 1.91. The molecule has 1 heterocycles. The summed E-state index contributed by atoms with van der Waals surface area (Å²) in [6.45, 7) is 2.34. The van der Waals surface area contributed by atoms with Gasteiger partial charge in [0.2, 0.25) is 5.91 Å². The van der Waals surface area contributed by atoms with E-state index in [1.807, 2.05) is 0 Å². The van der Waals surface area contributed by atoms with Crippen LogP contribution < -0.4 is 5.32 Å². The zero-order valence-corrected chi connectivity index (χ0v) is 12.4. The second-order valence-corrected chi connectivity index (χ2v) is 7.20. The van der Waals surface area contributed by atoms with Gasteiger partial charge in [0.05, 0.1) is 11.4 Å². The molecule has 1 fully saturated rings. The molecule has 0 atom stereocenters. The molecule has 2 rings (SSSR count). The van der Waals surface area contributed by atoms with E-state index < -0.39 is 9.84 Å². The van der Waals surface area contributed by atoms with Gasteiger partial charge in [-0.3, -0.25) is 9.69 Å². The molecule has 0 spiro atoms. The molecule has 0 aliphatic carbocycles. The minimum atomic E-state index is -3.19. The van der Waals surface area contributed by atoms with Gasteiger partial charge in [0.25, 0.3) is 0 Å². The molecule has 1 aliphatic rings. The van der Waals surface area contributed by atoms with Gasteiger partial charge in [-0.05, 0) is 50.2 Å². The summed E-state index contributed by atoms with van der Waals surface area (Å²) in [6.07, 6.45) is 4.70. The molecular formula is C14H20N2O3S. The number of hydrogen-bond acceptors (Lipinski definition) is 4. The number of amides is 1. The van der Waals surface area contributed by atoms with Gasteiger partial charge in [0.1, 0.15) is 0 Å². The Morgan fingerprint density at radius 1 is 1.15 bits per heavy atom. The van der Waals surface area contributed by atoms with Crippen LogP contribution in [0.4, 0.5) is 5.69 Å². The summed E-state index contributed by atoms with van der Waals surface area (Å²) in [6, 6.07) is 6.24. The third-order valence-corrected chi connectivity index (χ3v) is 4.51. The Hall–Kier alpha value is -1.40. The molecule has 0 radical (unpaired) electrons. The predicted octanol–water partition coefficient (Wildman–Crippen LogP) is 1.51. The number of carbonyl (C=O) groups is 1. The van der Waals surface area contributed by atoms with E-state index in [2.05, 4.69) is 10.2 Å². The molecule has 0 bridgehead atoms.